The highest BCUT2D eigenvalue weighted by Gasteiger charge is 2.37. The Hall–Kier alpha value is -2.62. The van der Waals surface area contributed by atoms with Gasteiger partial charge in [-0.1, -0.05) is 48.0 Å². The van der Waals surface area contributed by atoms with Crippen LogP contribution >= 0.6 is 0 Å². The molecule has 1 aliphatic heterocycles. The standard InChI is InChI=1S/C23H26N2O2/c1-15-7-8-16(2)19(9-15)12-22(26)24-20-13-23(27)25(14-20)21-10-17-5-3-4-6-18(17)11-21/h3-9,20-21H,10-14H2,1-2H3,(H,24,26). The maximum absolute atomic E-state index is 12.5. The van der Waals surface area contributed by atoms with Crippen LogP contribution in [0, 0.1) is 13.8 Å². The molecule has 0 bridgehead atoms. The first-order valence-corrected chi connectivity index (χ1v) is 9.71. The third-order valence-corrected chi connectivity index (χ3v) is 5.85. The highest BCUT2D eigenvalue weighted by molar-refractivity contribution is 5.83. The van der Waals surface area contributed by atoms with E-state index in [0.717, 1.165) is 29.5 Å². The molecule has 0 aromatic heterocycles. The van der Waals surface area contributed by atoms with E-state index in [4.69, 9.17) is 0 Å². The molecule has 1 N–H and O–H groups in total. The number of amides is 2. The zero-order valence-electron chi connectivity index (χ0n) is 16.0. The first-order chi connectivity index (χ1) is 13.0. The fourth-order valence-corrected chi connectivity index (χ4v) is 4.38. The van der Waals surface area contributed by atoms with E-state index in [9.17, 15) is 9.59 Å². The molecule has 4 rings (SSSR count). The molecule has 1 unspecified atom stereocenters. The Balaban J connectivity index is 1.36. The van der Waals surface area contributed by atoms with Crippen molar-refractivity contribution >= 4 is 11.8 Å². The van der Waals surface area contributed by atoms with Gasteiger partial charge < -0.3 is 10.2 Å². The minimum absolute atomic E-state index is 0.00180. The van der Waals surface area contributed by atoms with Gasteiger partial charge in [-0.05, 0) is 48.9 Å². The maximum Gasteiger partial charge on any atom is 0.225 e. The Morgan fingerprint density at radius 3 is 2.48 bits per heavy atom. The van der Waals surface area contributed by atoms with Crippen molar-refractivity contribution in [1.29, 1.82) is 0 Å². The average Bonchev–Trinajstić information content (AvgIpc) is 3.21. The first-order valence-electron chi connectivity index (χ1n) is 9.71. The fourth-order valence-electron chi connectivity index (χ4n) is 4.38. The second-order valence-corrected chi connectivity index (χ2v) is 7.95. The second-order valence-electron chi connectivity index (χ2n) is 7.95. The van der Waals surface area contributed by atoms with Gasteiger partial charge in [0.1, 0.15) is 0 Å². The molecule has 2 aliphatic rings. The van der Waals surface area contributed by atoms with Gasteiger partial charge in [-0.25, -0.2) is 0 Å². The van der Waals surface area contributed by atoms with Gasteiger partial charge in [0.15, 0.2) is 0 Å². The predicted molar refractivity (Wildman–Crippen MR) is 106 cm³/mol. The van der Waals surface area contributed by atoms with Gasteiger partial charge in [0, 0.05) is 19.0 Å². The van der Waals surface area contributed by atoms with Gasteiger partial charge in [-0.3, -0.25) is 9.59 Å². The van der Waals surface area contributed by atoms with Crippen molar-refractivity contribution in [2.75, 3.05) is 6.54 Å². The summed E-state index contributed by atoms with van der Waals surface area (Å²) in [6.45, 7) is 4.69. The molecule has 140 valence electrons. The summed E-state index contributed by atoms with van der Waals surface area (Å²) in [5, 5.41) is 3.08. The molecule has 4 heteroatoms. The van der Waals surface area contributed by atoms with Crippen LogP contribution in [0.3, 0.4) is 0 Å². The minimum atomic E-state index is -0.0844. The van der Waals surface area contributed by atoms with Gasteiger partial charge in [-0.2, -0.15) is 0 Å². The molecule has 1 heterocycles. The van der Waals surface area contributed by atoms with Crippen molar-refractivity contribution in [3.05, 3.63) is 70.3 Å². The number of hydrogen-bond donors (Lipinski definition) is 1. The molecule has 1 fully saturated rings. The number of rotatable bonds is 4. The van der Waals surface area contributed by atoms with Gasteiger partial charge in [0.25, 0.3) is 0 Å². The van der Waals surface area contributed by atoms with E-state index >= 15 is 0 Å². The van der Waals surface area contributed by atoms with Gasteiger partial charge >= 0.3 is 0 Å². The Labute approximate surface area is 160 Å². The van der Waals surface area contributed by atoms with E-state index in [-0.39, 0.29) is 23.9 Å². The number of aryl methyl sites for hydroxylation is 2. The third-order valence-electron chi connectivity index (χ3n) is 5.85. The number of carbonyl (C=O) groups is 2. The number of fused-ring (bicyclic) bond motifs is 1. The van der Waals surface area contributed by atoms with Crippen LogP contribution in [0.5, 0.6) is 0 Å². The minimum Gasteiger partial charge on any atom is -0.351 e. The molecule has 1 aliphatic carbocycles. The predicted octanol–water partition coefficient (Wildman–Crippen LogP) is 2.73. The van der Waals surface area contributed by atoms with E-state index in [1.54, 1.807) is 0 Å². The third kappa shape index (κ3) is 3.75. The molecule has 1 atom stereocenters. The highest BCUT2D eigenvalue weighted by atomic mass is 16.2. The number of nitrogens with zero attached hydrogens (tertiary/aromatic N) is 1. The molecule has 0 spiro atoms. The highest BCUT2D eigenvalue weighted by Crippen LogP contribution is 2.28. The van der Waals surface area contributed by atoms with Crippen LogP contribution in [0.15, 0.2) is 42.5 Å². The average molecular weight is 362 g/mol. The topological polar surface area (TPSA) is 49.4 Å². The summed E-state index contributed by atoms with van der Waals surface area (Å²) in [6, 6.07) is 14.7. The fraction of sp³-hybridized carbons (Fsp3) is 0.391. The van der Waals surface area contributed by atoms with E-state index in [2.05, 4.69) is 47.8 Å². The Kier molecular flexibility index (Phi) is 4.73. The van der Waals surface area contributed by atoms with Crippen molar-refractivity contribution in [1.82, 2.24) is 10.2 Å². The summed E-state index contributed by atoms with van der Waals surface area (Å²) in [7, 11) is 0. The lowest BCUT2D eigenvalue weighted by atomic mass is 10.0. The van der Waals surface area contributed by atoms with Crippen molar-refractivity contribution in [2.24, 2.45) is 0 Å². The summed E-state index contributed by atoms with van der Waals surface area (Å²) in [6.07, 6.45) is 2.62. The van der Waals surface area contributed by atoms with Gasteiger partial charge in [-0.15, -0.1) is 0 Å². The lowest BCUT2D eigenvalue weighted by Gasteiger charge is -2.24. The lowest BCUT2D eigenvalue weighted by Crippen LogP contribution is -2.41. The summed E-state index contributed by atoms with van der Waals surface area (Å²) in [5.74, 6) is 0.155. The second kappa shape index (κ2) is 7.18. The molecular formula is C23H26N2O2. The Morgan fingerprint density at radius 1 is 1.07 bits per heavy atom. The number of carbonyl (C=O) groups excluding carboxylic acids is 2. The number of hydrogen-bond acceptors (Lipinski definition) is 2. The monoisotopic (exact) mass is 362 g/mol. The smallest absolute Gasteiger partial charge is 0.225 e. The molecule has 4 nitrogen and oxygen atoms in total. The van der Waals surface area contributed by atoms with E-state index in [1.165, 1.54) is 11.1 Å². The summed E-state index contributed by atoms with van der Waals surface area (Å²) >= 11 is 0. The van der Waals surface area contributed by atoms with E-state index in [1.807, 2.05) is 18.7 Å². The maximum atomic E-state index is 12.5. The van der Waals surface area contributed by atoms with Crippen molar-refractivity contribution in [2.45, 2.75) is 51.6 Å². The molecule has 1 saturated heterocycles. The molecule has 27 heavy (non-hydrogen) atoms. The zero-order chi connectivity index (χ0) is 19.0. The van der Waals surface area contributed by atoms with E-state index in [0.29, 0.717) is 19.4 Å². The molecule has 0 radical (unpaired) electrons. The van der Waals surface area contributed by atoms with Crippen LogP contribution in [0.4, 0.5) is 0 Å². The summed E-state index contributed by atoms with van der Waals surface area (Å²) in [4.78, 5) is 27.0. The van der Waals surface area contributed by atoms with Gasteiger partial charge in [0.2, 0.25) is 11.8 Å². The first kappa shape index (κ1) is 17.8. The Bertz CT molecular complexity index is 865. The molecule has 0 saturated carbocycles. The summed E-state index contributed by atoms with van der Waals surface area (Å²) in [5.41, 5.74) is 6.03. The Morgan fingerprint density at radius 2 is 1.78 bits per heavy atom. The van der Waals surface area contributed by atoms with Crippen molar-refractivity contribution in [3.8, 4) is 0 Å². The normalized spacial score (nSPS) is 19.4. The van der Waals surface area contributed by atoms with Crippen LogP contribution in [-0.4, -0.2) is 35.3 Å². The van der Waals surface area contributed by atoms with Gasteiger partial charge in [0.05, 0.1) is 12.5 Å². The largest absolute Gasteiger partial charge is 0.351 e. The van der Waals surface area contributed by atoms with Crippen molar-refractivity contribution < 1.29 is 9.59 Å². The number of benzene rings is 2. The SMILES string of the molecule is Cc1ccc(C)c(CC(=O)NC2CC(=O)N(C3Cc4ccccc4C3)C2)c1. The molecule has 2 amide bonds. The van der Waals surface area contributed by atoms with Crippen molar-refractivity contribution in [3.63, 3.8) is 0 Å². The number of likely N-dealkylation sites (tertiary alicyclic amines) is 1. The molecular weight excluding hydrogens is 336 g/mol. The zero-order valence-corrected chi connectivity index (χ0v) is 16.0. The van der Waals surface area contributed by atoms with Crippen LogP contribution < -0.4 is 5.32 Å². The molecule has 2 aromatic carbocycles. The van der Waals surface area contributed by atoms with Crippen LogP contribution in [0.2, 0.25) is 0 Å². The summed E-state index contributed by atoms with van der Waals surface area (Å²) < 4.78 is 0. The van der Waals surface area contributed by atoms with Crippen LogP contribution in [-0.2, 0) is 28.9 Å². The molecule has 2 aromatic rings. The quantitative estimate of drug-likeness (QED) is 0.909. The van der Waals surface area contributed by atoms with Crippen LogP contribution in [0.25, 0.3) is 0 Å². The van der Waals surface area contributed by atoms with E-state index < -0.39 is 0 Å². The van der Waals surface area contributed by atoms with Crippen LogP contribution in [0.1, 0.15) is 34.2 Å². The lowest BCUT2D eigenvalue weighted by molar-refractivity contribution is -0.129. The number of nitrogens with one attached hydrogen (secondary N) is 1.